The Morgan fingerprint density at radius 3 is 2.37 bits per heavy atom. The molecule has 0 aliphatic carbocycles. The molecule has 0 saturated carbocycles. The molecule has 3 nitrogen and oxygen atoms in total. The van der Waals surface area contributed by atoms with E-state index in [2.05, 4.69) is 28.4 Å². The van der Waals surface area contributed by atoms with Crippen molar-refractivity contribution in [2.24, 2.45) is 5.92 Å². The van der Waals surface area contributed by atoms with Crippen LogP contribution in [0.25, 0.3) is 0 Å². The molecule has 0 spiro atoms. The van der Waals surface area contributed by atoms with Crippen molar-refractivity contribution in [1.82, 2.24) is 10.2 Å². The standard InChI is InChI=1S/C21H25ClN2O.2ClH/c22-19-12-17(13-23-20-14-24-10-8-18(20)9-11-24)6-7-21(19)25-15-16-4-2-1-3-5-16;;/h1-7,12,18,20,23H,8-11,13-15H2;2*1H. The number of nitrogens with zero attached hydrogens (tertiary/aromatic N) is 1. The molecule has 3 aliphatic heterocycles. The van der Waals surface area contributed by atoms with Crippen molar-refractivity contribution in [3.8, 4) is 5.75 Å². The minimum Gasteiger partial charge on any atom is -0.487 e. The average molecular weight is 430 g/mol. The highest BCUT2D eigenvalue weighted by molar-refractivity contribution is 6.32. The van der Waals surface area contributed by atoms with Crippen LogP contribution < -0.4 is 10.1 Å². The van der Waals surface area contributed by atoms with Crippen molar-refractivity contribution in [3.63, 3.8) is 0 Å². The normalized spacial score (nSPS) is 23.2. The maximum atomic E-state index is 6.42. The Morgan fingerprint density at radius 2 is 1.74 bits per heavy atom. The third kappa shape index (κ3) is 5.75. The Bertz CT molecular complexity index is 706. The fourth-order valence-corrected chi connectivity index (χ4v) is 4.21. The number of fused-ring (bicyclic) bond motifs is 3. The van der Waals surface area contributed by atoms with Crippen LogP contribution in [0.3, 0.4) is 0 Å². The van der Waals surface area contributed by atoms with Crippen LogP contribution in [0.2, 0.25) is 5.02 Å². The number of hydrogen-bond acceptors (Lipinski definition) is 3. The van der Waals surface area contributed by atoms with E-state index < -0.39 is 0 Å². The Labute approximate surface area is 179 Å². The van der Waals surface area contributed by atoms with E-state index in [9.17, 15) is 0 Å². The summed E-state index contributed by atoms with van der Waals surface area (Å²) >= 11 is 6.42. The summed E-state index contributed by atoms with van der Waals surface area (Å²) < 4.78 is 5.85. The first-order valence-electron chi connectivity index (χ1n) is 9.19. The number of halogens is 3. The van der Waals surface area contributed by atoms with Gasteiger partial charge in [-0.05, 0) is 55.1 Å². The van der Waals surface area contributed by atoms with Gasteiger partial charge in [0.25, 0.3) is 0 Å². The summed E-state index contributed by atoms with van der Waals surface area (Å²) in [7, 11) is 0. The van der Waals surface area contributed by atoms with E-state index in [1.54, 1.807) is 0 Å². The number of benzene rings is 2. The van der Waals surface area contributed by atoms with Gasteiger partial charge in [0.15, 0.2) is 0 Å². The highest BCUT2D eigenvalue weighted by Gasteiger charge is 2.33. The van der Waals surface area contributed by atoms with E-state index >= 15 is 0 Å². The van der Waals surface area contributed by atoms with E-state index in [-0.39, 0.29) is 24.8 Å². The molecule has 2 aromatic carbocycles. The van der Waals surface area contributed by atoms with Crippen LogP contribution in [-0.4, -0.2) is 30.6 Å². The maximum absolute atomic E-state index is 6.42. The van der Waals surface area contributed by atoms with Gasteiger partial charge in [-0.2, -0.15) is 0 Å². The Morgan fingerprint density at radius 1 is 1.00 bits per heavy atom. The fraction of sp³-hybridized carbons (Fsp3) is 0.429. The molecule has 3 saturated heterocycles. The van der Waals surface area contributed by atoms with Crippen LogP contribution in [0.15, 0.2) is 48.5 Å². The second-order valence-corrected chi connectivity index (χ2v) is 7.57. The first kappa shape index (κ1) is 22.3. The fourth-order valence-electron chi connectivity index (χ4n) is 3.95. The molecule has 5 rings (SSSR count). The predicted molar refractivity (Wildman–Crippen MR) is 117 cm³/mol. The highest BCUT2D eigenvalue weighted by atomic mass is 35.5. The van der Waals surface area contributed by atoms with Gasteiger partial charge in [0.05, 0.1) is 5.02 Å². The molecule has 1 N–H and O–H groups in total. The van der Waals surface area contributed by atoms with Gasteiger partial charge in [-0.15, -0.1) is 24.8 Å². The monoisotopic (exact) mass is 428 g/mol. The minimum absolute atomic E-state index is 0. The van der Waals surface area contributed by atoms with Crippen LogP contribution in [-0.2, 0) is 13.2 Å². The SMILES string of the molecule is Cl.Cl.Clc1cc(CNC2CN3CCC2CC3)ccc1OCc1ccccc1. The number of hydrogen-bond donors (Lipinski definition) is 1. The van der Waals surface area contributed by atoms with E-state index in [4.69, 9.17) is 16.3 Å². The number of ether oxygens (including phenoxy) is 1. The molecule has 0 aromatic heterocycles. The molecule has 3 fully saturated rings. The largest absolute Gasteiger partial charge is 0.487 e. The second kappa shape index (κ2) is 10.5. The molecule has 3 aliphatic rings. The van der Waals surface area contributed by atoms with Crippen molar-refractivity contribution in [3.05, 3.63) is 64.7 Å². The van der Waals surface area contributed by atoms with E-state index in [0.717, 1.165) is 23.8 Å². The van der Waals surface area contributed by atoms with Gasteiger partial charge < -0.3 is 15.0 Å². The second-order valence-electron chi connectivity index (χ2n) is 7.16. The number of nitrogens with one attached hydrogen (secondary N) is 1. The van der Waals surface area contributed by atoms with Gasteiger partial charge in [-0.25, -0.2) is 0 Å². The molecule has 2 bridgehead atoms. The number of piperidine rings is 3. The van der Waals surface area contributed by atoms with Crippen LogP contribution in [0.4, 0.5) is 0 Å². The number of rotatable bonds is 6. The Hall–Kier alpha value is -0.970. The lowest BCUT2D eigenvalue weighted by atomic mass is 9.84. The van der Waals surface area contributed by atoms with E-state index in [1.165, 1.54) is 38.0 Å². The lowest BCUT2D eigenvalue weighted by Gasteiger charge is -2.45. The summed E-state index contributed by atoms with van der Waals surface area (Å²) in [6.07, 6.45) is 2.68. The van der Waals surface area contributed by atoms with Gasteiger partial charge in [-0.1, -0.05) is 48.0 Å². The molecular weight excluding hydrogens is 403 g/mol. The minimum atomic E-state index is 0. The van der Waals surface area contributed by atoms with Crippen molar-refractivity contribution < 1.29 is 4.74 Å². The van der Waals surface area contributed by atoms with Crippen LogP contribution in [0.1, 0.15) is 24.0 Å². The molecule has 148 valence electrons. The molecule has 6 heteroatoms. The predicted octanol–water partition coefficient (Wildman–Crippen LogP) is 4.95. The van der Waals surface area contributed by atoms with Crippen LogP contribution in [0, 0.1) is 5.92 Å². The van der Waals surface area contributed by atoms with Crippen LogP contribution in [0.5, 0.6) is 5.75 Å². The van der Waals surface area contributed by atoms with E-state index in [0.29, 0.717) is 17.7 Å². The summed E-state index contributed by atoms with van der Waals surface area (Å²) in [5.74, 6) is 1.59. The zero-order chi connectivity index (χ0) is 17.1. The quantitative estimate of drug-likeness (QED) is 0.703. The van der Waals surface area contributed by atoms with Crippen LogP contribution >= 0.6 is 36.4 Å². The van der Waals surface area contributed by atoms with Gasteiger partial charge in [0.1, 0.15) is 12.4 Å². The molecule has 1 unspecified atom stereocenters. The topological polar surface area (TPSA) is 24.5 Å². The van der Waals surface area contributed by atoms with E-state index in [1.807, 2.05) is 30.3 Å². The zero-order valence-corrected chi connectivity index (χ0v) is 17.7. The van der Waals surface area contributed by atoms with Crippen molar-refractivity contribution >= 4 is 36.4 Å². The molecule has 0 radical (unpaired) electrons. The maximum Gasteiger partial charge on any atom is 0.138 e. The van der Waals surface area contributed by atoms with Gasteiger partial charge in [0, 0.05) is 19.1 Å². The first-order chi connectivity index (χ1) is 12.3. The molecular formula is C21H27Cl3N2O. The molecule has 0 amide bonds. The van der Waals surface area contributed by atoms with Crippen molar-refractivity contribution in [2.45, 2.75) is 32.0 Å². The van der Waals surface area contributed by atoms with Gasteiger partial charge in [-0.3, -0.25) is 0 Å². The third-order valence-electron chi connectivity index (χ3n) is 5.46. The Kier molecular flexibility index (Phi) is 8.71. The van der Waals surface area contributed by atoms with Crippen molar-refractivity contribution in [1.29, 1.82) is 0 Å². The highest BCUT2D eigenvalue weighted by Crippen LogP contribution is 2.29. The summed E-state index contributed by atoms with van der Waals surface area (Å²) in [5.41, 5.74) is 2.36. The summed E-state index contributed by atoms with van der Waals surface area (Å²) in [4.78, 5) is 2.57. The third-order valence-corrected chi connectivity index (χ3v) is 5.75. The summed E-state index contributed by atoms with van der Waals surface area (Å²) in [6, 6.07) is 16.9. The van der Waals surface area contributed by atoms with Gasteiger partial charge >= 0.3 is 0 Å². The summed E-state index contributed by atoms with van der Waals surface area (Å²) in [6.45, 7) is 5.16. The average Bonchev–Trinajstić information content (AvgIpc) is 2.67. The summed E-state index contributed by atoms with van der Waals surface area (Å²) in [5, 5.41) is 4.42. The molecule has 3 heterocycles. The first-order valence-corrected chi connectivity index (χ1v) is 9.56. The molecule has 2 aromatic rings. The van der Waals surface area contributed by atoms with Crippen molar-refractivity contribution in [2.75, 3.05) is 19.6 Å². The zero-order valence-electron chi connectivity index (χ0n) is 15.3. The Balaban J connectivity index is 0.00000131. The molecule has 27 heavy (non-hydrogen) atoms. The molecule has 1 atom stereocenters. The smallest absolute Gasteiger partial charge is 0.138 e. The lowest BCUT2D eigenvalue weighted by molar-refractivity contribution is 0.0720. The van der Waals surface area contributed by atoms with Gasteiger partial charge in [0.2, 0.25) is 0 Å². The lowest BCUT2D eigenvalue weighted by Crippen LogP contribution is -2.55.